The monoisotopic (exact) mass is 322 g/mol. The summed E-state index contributed by atoms with van der Waals surface area (Å²) in [5, 5.41) is 0.970. The third-order valence-electron chi connectivity index (χ3n) is 4.70. The minimum atomic E-state index is -1.49. The van der Waals surface area contributed by atoms with Gasteiger partial charge in [0.2, 0.25) is 0 Å². The average molecular weight is 322 g/mol. The van der Waals surface area contributed by atoms with E-state index in [-0.39, 0.29) is 10.8 Å². The molecule has 1 saturated carbocycles. The molecule has 3 rings (SSSR count). The smallest absolute Gasteiger partial charge is 0.190 e. The van der Waals surface area contributed by atoms with Crippen molar-refractivity contribution in [1.82, 2.24) is 0 Å². The fourth-order valence-electron chi connectivity index (χ4n) is 3.21. The van der Waals surface area contributed by atoms with Gasteiger partial charge in [-0.2, -0.15) is 0 Å². The van der Waals surface area contributed by atoms with Crippen molar-refractivity contribution in [3.05, 3.63) is 58.0 Å². The number of rotatable bonds is 0. The molecular weight excluding hydrogens is 304 g/mol. The van der Waals surface area contributed by atoms with E-state index in [4.69, 9.17) is 0 Å². The van der Waals surface area contributed by atoms with Gasteiger partial charge in [0.25, 0.3) is 0 Å². The first kappa shape index (κ1) is 16.0. The Balaban J connectivity index is 2.05. The molecular formula is C19H18F4. The Morgan fingerprint density at radius 3 is 2.30 bits per heavy atom. The highest BCUT2D eigenvalue weighted by Gasteiger charge is 2.20. The van der Waals surface area contributed by atoms with Gasteiger partial charge in [0.05, 0.1) is 0 Å². The van der Waals surface area contributed by atoms with Crippen molar-refractivity contribution >= 4 is 11.1 Å². The zero-order valence-corrected chi connectivity index (χ0v) is 12.9. The van der Waals surface area contributed by atoms with Crippen LogP contribution in [0.3, 0.4) is 0 Å². The molecule has 0 nitrogen and oxygen atoms in total. The van der Waals surface area contributed by atoms with E-state index in [1.165, 1.54) is 17.7 Å². The first-order chi connectivity index (χ1) is 11.0. The second-order valence-corrected chi connectivity index (χ2v) is 6.39. The van der Waals surface area contributed by atoms with Crippen molar-refractivity contribution in [2.75, 3.05) is 0 Å². The highest BCUT2D eigenvalue weighted by Crippen LogP contribution is 2.31. The molecule has 0 bridgehead atoms. The fourth-order valence-corrected chi connectivity index (χ4v) is 3.21. The lowest BCUT2D eigenvalue weighted by Crippen LogP contribution is -2.20. The van der Waals surface area contributed by atoms with Crippen LogP contribution in [-0.2, 0) is 0 Å². The van der Waals surface area contributed by atoms with Gasteiger partial charge in [-0.1, -0.05) is 24.6 Å². The van der Waals surface area contributed by atoms with Crippen LogP contribution in [0.1, 0.15) is 39.0 Å². The third-order valence-corrected chi connectivity index (χ3v) is 4.70. The first-order valence-corrected chi connectivity index (χ1v) is 7.88. The summed E-state index contributed by atoms with van der Waals surface area (Å²) in [6.45, 7) is 2.21. The van der Waals surface area contributed by atoms with E-state index in [2.05, 4.69) is 6.92 Å². The topological polar surface area (TPSA) is 0 Å². The lowest BCUT2D eigenvalue weighted by atomic mass is 9.86. The van der Waals surface area contributed by atoms with Gasteiger partial charge >= 0.3 is 0 Å². The SMILES string of the molecule is CC1CCC(=c2cc/c(=C3/C=C(F)C(F)=C(F)C3)c(F)c2)CC1. The maximum Gasteiger partial charge on any atom is 0.190 e. The van der Waals surface area contributed by atoms with Crippen LogP contribution in [0.25, 0.3) is 11.1 Å². The second kappa shape index (κ2) is 6.34. The van der Waals surface area contributed by atoms with Crippen LogP contribution in [0.4, 0.5) is 17.6 Å². The van der Waals surface area contributed by atoms with Gasteiger partial charge in [-0.3, -0.25) is 0 Å². The molecule has 2 aliphatic carbocycles. The van der Waals surface area contributed by atoms with Crippen molar-refractivity contribution in [2.45, 2.75) is 39.0 Å². The maximum absolute atomic E-state index is 14.4. The van der Waals surface area contributed by atoms with Crippen molar-refractivity contribution in [2.24, 2.45) is 5.92 Å². The fraction of sp³-hybridized carbons (Fsp3) is 0.368. The number of hydrogen-bond acceptors (Lipinski definition) is 0. The van der Waals surface area contributed by atoms with E-state index >= 15 is 0 Å². The highest BCUT2D eigenvalue weighted by atomic mass is 19.2. The molecule has 0 radical (unpaired) electrons. The average Bonchev–Trinajstić information content (AvgIpc) is 2.53. The van der Waals surface area contributed by atoms with Gasteiger partial charge in [-0.15, -0.1) is 0 Å². The lowest BCUT2D eigenvalue weighted by Gasteiger charge is -2.20. The molecule has 0 atom stereocenters. The van der Waals surface area contributed by atoms with Gasteiger partial charge in [0.15, 0.2) is 11.7 Å². The molecule has 0 saturated heterocycles. The molecule has 0 heterocycles. The van der Waals surface area contributed by atoms with Crippen molar-refractivity contribution in [1.29, 1.82) is 0 Å². The summed E-state index contributed by atoms with van der Waals surface area (Å²) in [5.74, 6) is -3.80. The van der Waals surface area contributed by atoms with Gasteiger partial charge in [-0.25, -0.2) is 17.6 Å². The Labute approximate surface area is 132 Å². The van der Waals surface area contributed by atoms with Crippen LogP contribution in [0.2, 0.25) is 0 Å². The van der Waals surface area contributed by atoms with Crippen LogP contribution in [0.5, 0.6) is 0 Å². The van der Waals surface area contributed by atoms with Crippen LogP contribution in [-0.4, -0.2) is 0 Å². The predicted molar refractivity (Wildman–Crippen MR) is 83.1 cm³/mol. The number of halogens is 4. The Morgan fingerprint density at radius 2 is 1.70 bits per heavy atom. The van der Waals surface area contributed by atoms with E-state index in [0.29, 0.717) is 5.92 Å². The number of hydrogen-bond donors (Lipinski definition) is 0. The molecule has 1 aromatic carbocycles. The summed E-state index contributed by atoms with van der Waals surface area (Å²) in [6, 6.07) is 4.74. The Hall–Kier alpha value is -1.84. The molecule has 1 fully saturated rings. The van der Waals surface area contributed by atoms with Gasteiger partial charge in [-0.05, 0) is 54.5 Å². The first-order valence-electron chi connectivity index (χ1n) is 7.88. The summed E-state index contributed by atoms with van der Waals surface area (Å²) in [4.78, 5) is 0. The second-order valence-electron chi connectivity index (χ2n) is 6.39. The Bertz CT molecular complexity index is 804. The molecule has 0 N–H and O–H groups in total. The van der Waals surface area contributed by atoms with Crippen molar-refractivity contribution in [3.8, 4) is 0 Å². The standard InChI is InChI=1S/C19H18F4/c1-11-2-4-12(5-3-11)13-6-7-15(16(20)8-13)14-9-17(21)19(23)18(22)10-14/h6-9,11H,2-5,10H2,1H3/b13-12?,15-14+. The molecule has 2 aliphatic rings. The summed E-state index contributed by atoms with van der Waals surface area (Å²) in [6.07, 6.45) is 4.54. The Morgan fingerprint density at radius 1 is 1.00 bits per heavy atom. The van der Waals surface area contributed by atoms with E-state index in [0.717, 1.165) is 37.0 Å². The lowest BCUT2D eigenvalue weighted by molar-refractivity contribution is 0.470. The molecule has 0 spiro atoms. The molecule has 0 aromatic heterocycles. The van der Waals surface area contributed by atoms with E-state index < -0.39 is 29.7 Å². The Kier molecular flexibility index (Phi) is 4.42. The summed E-state index contributed by atoms with van der Waals surface area (Å²) in [7, 11) is 0. The van der Waals surface area contributed by atoms with Crippen LogP contribution in [0, 0.1) is 11.7 Å². The number of allylic oxidation sites excluding steroid dienone is 4. The van der Waals surface area contributed by atoms with E-state index in [1.807, 2.05) is 0 Å². The molecule has 0 amide bonds. The largest absolute Gasteiger partial charge is 0.208 e. The quantitative estimate of drug-likeness (QED) is 0.605. The van der Waals surface area contributed by atoms with Crippen molar-refractivity contribution in [3.63, 3.8) is 0 Å². The zero-order chi connectivity index (χ0) is 16.6. The third kappa shape index (κ3) is 3.26. The summed E-state index contributed by atoms with van der Waals surface area (Å²) >= 11 is 0. The summed E-state index contributed by atoms with van der Waals surface area (Å²) < 4.78 is 54.2. The van der Waals surface area contributed by atoms with Crippen LogP contribution < -0.4 is 10.4 Å². The minimum Gasteiger partial charge on any atom is -0.208 e. The molecule has 4 heteroatoms. The molecule has 0 aliphatic heterocycles. The maximum atomic E-state index is 14.4. The van der Waals surface area contributed by atoms with Crippen molar-refractivity contribution < 1.29 is 17.6 Å². The van der Waals surface area contributed by atoms with E-state index in [1.54, 1.807) is 6.07 Å². The number of benzene rings is 1. The van der Waals surface area contributed by atoms with Crippen LogP contribution >= 0.6 is 0 Å². The minimum absolute atomic E-state index is 0.118. The van der Waals surface area contributed by atoms with Gasteiger partial charge in [0, 0.05) is 11.6 Å². The normalized spacial score (nSPS) is 24.8. The highest BCUT2D eigenvalue weighted by molar-refractivity contribution is 5.64. The summed E-state index contributed by atoms with van der Waals surface area (Å²) in [5.41, 5.74) is 1.34. The molecule has 122 valence electrons. The molecule has 1 aromatic rings. The zero-order valence-electron chi connectivity index (χ0n) is 12.9. The molecule has 23 heavy (non-hydrogen) atoms. The van der Waals surface area contributed by atoms with Gasteiger partial charge in [0.1, 0.15) is 11.6 Å². The van der Waals surface area contributed by atoms with E-state index in [9.17, 15) is 17.6 Å². The molecule has 0 unspecified atom stereocenters. The predicted octanol–water partition coefficient (Wildman–Crippen LogP) is 4.74. The van der Waals surface area contributed by atoms with Gasteiger partial charge < -0.3 is 0 Å². The van der Waals surface area contributed by atoms with Crippen LogP contribution in [0.15, 0.2) is 41.8 Å².